The van der Waals surface area contributed by atoms with Crippen molar-refractivity contribution in [1.29, 1.82) is 0 Å². The van der Waals surface area contributed by atoms with Gasteiger partial charge < -0.3 is 14.1 Å². The van der Waals surface area contributed by atoms with Crippen LogP contribution >= 0.6 is 0 Å². The number of fused-ring (bicyclic) bond motifs is 1. The molecular weight excluding hydrogens is 437 g/mol. The van der Waals surface area contributed by atoms with Gasteiger partial charge in [-0.2, -0.15) is 0 Å². The van der Waals surface area contributed by atoms with Crippen LogP contribution in [-0.2, 0) is 27.4 Å². The van der Waals surface area contributed by atoms with Crippen LogP contribution in [0, 0.1) is 15.9 Å². The van der Waals surface area contributed by atoms with Crippen LogP contribution in [0.15, 0.2) is 51.7 Å². The number of aryl methyl sites for hydroxylation is 1. The summed E-state index contributed by atoms with van der Waals surface area (Å²) in [4.78, 5) is 48.2. The summed E-state index contributed by atoms with van der Waals surface area (Å²) in [7, 11) is 1.53. The summed E-state index contributed by atoms with van der Waals surface area (Å²) < 4.78 is 24.8. The van der Waals surface area contributed by atoms with Gasteiger partial charge in [0.05, 0.1) is 16.5 Å². The van der Waals surface area contributed by atoms with E-state index in [1.165, 1.54) is 47.7 Å². The predicted molar refractivity (Wildman–Crippen MR) is 115 cm³/mol. The summed E-state index contributed by atoms with van der Waals surface area (Å²) in [6, 6.07) is 9.68. The van der Waals surface area contributed by atoms with E-state index in [1.54, 1.807) is 12.1 Å². The second-order valence-electron chi connectivity index (χ2n) is 7.49. The van der Waals surface area contributed by atoms with E-state index in [9.17, 15) is 28.9 Å². The smallest absolute Gasteiger partial charge is 0.419 e. The number of hydrogen-bond acceptors (Lipinski definition) is 7. The SMILES string of the molecule is CC(OC(=O)CCCn1c(=O)oc2cc([N+](=O)[O-])ccc21)C(=O)N(C)Cc1cccc(F)c1. The predicted octanol–water partition coefficient (Wildman–Crippen LogP) is 3.01. The van der Waals surface area contributed by atoms with Gasteiger partial charge >= 0.3 is 11.7 Å². The molecule has 1 heterocycles. The van der Waals surface area contributed by atoms with Gasteiger partial charge in [-0.3, -0.25) is 24.3 Å². The molecule has 1 unspecified atom stereocenters. The molecule has 1 amide bonds. The lowest BCUT2D eigenvalue weighted by Crippen LogP contribution is -2.37. The molecule has 1 atom stereocenters. The number of esters is 1. The van der Waals surface area contributed by atoms with E-state index in [0.717, 1.165) is 6.07 Å². The lowest BCUT2D eigenvalue weighted by atomic mass is 10.2. The summed E-state index contributed by atoms with van der Waals surface area (Å²) in [5, 5.41) is 10.9. The largest absolute Gasteiger partial charge is 0.453 e. The zero-order valence-corrected chi connectivity index (χ0v) is 18.0. The van der Waals surface area contributed by atoms with Gasteiger partial charge in [-0.1, -0.05) is 12.1 Å². The van der Waals surface area contributed by atoms with E-state index in [4.69, 9.17) is 9.15 Å². The molecule has 0 N–H and O–H groups in total. The van der Waals surface area contributed by atoms with Gasteiger partial charge in [0.15, 0.2) is 11.7 Å². The first-order valence-electron chi connectivity index (χ1n) is 10.1. The van der Waals surface area contributed by atoms with E-state index < -0.39 is 34.5 Å². The number of ether oxygens (including phenoxy) is 1. The first-order chi connectivity index (χ1) is 15.7. The Balaban J connectivity index is 1.52. The first kappa shape index (κ1) is 23.6. The Morgan fingerprint density at radius 2 is 2.03 bits per heavy atom. The highest BCUT2D eigenvalue weighted by atomic mass is 19.1. The first-order valence-corrected chi connectivity index (χ1v) is 10.1. The van der Waals surface area contributed by atoms with Crippen molar-refractivity contribution >= 4 is 28.7 Å². The van der Waals surface area contributed by atoms with Crippen molar-refractivity contribution in [3.63, 3.8) is 0 Å². The van der Waals surface area contributed by atoms with Crippen LogP contribution in [0.5, 0.6) is 0 Å². The minimum absolute atomic E-state index is 0.0582. The van der Waals surface area contributed by atoms with Crippen molar-refractivity contribution < 1.29 is 28.1 Å². The Morgan fingerprint density at radius 1 is 1.27 bits per heavy atom. The molecule has 0 spiro atoms. The lowest BCUT2D eigenvalue weighted by Gasteiger charge is -2.21. The number of benzene rings is 2. The molecule has 11 heteroatoms. The van der Waals surface area contributed by atoms with Gasteiger partial charge in [0, 0.05) is 32.6 Å². The lowest BCUT2D eigenvalue weighted by molar-refractivity contribution is -0.384. The van der Waals surface area contributed by atoms with Crippen LogP contribution in [0.25, 0.3) is 11.1 Å². The molecule has 0 aliphatic rings. The van der Waals surface area contributed by atoms with Gasteiger partial charge in [-0.25, -0.2) is 9.18 Å². The van der Waals surface area contributed by atoms with E-state index in [2.05, 4.69) is 0 Å². The molecule has 0 aliphatic carbocycles. The molecular formula is C22H22FN3O7. The number of nitro benzene ring substituents is 1. The molecule has 0 saturated heterocycles. The quantitative estimate of drug-likeness (QED) is 0.274. The minimum Gasteiger partial charge on any atom is -0.453 e. The summed E-state index contributed by atoms with van der Waals surface area (Å²) in [6.07, 6.45) is -0.865. The van der Waals surface area contributed by atoms with Crippen molar-refractivity contribution in [2.75, 3.05) is 7.05 Å². The average Bonchev–Trinajstić information content (AvgIpc) is 3.07. The number of hydrogen-bond donors (Lipinski definition) is 0. The Hall–Kier alpha value is -4.02. The second kappa shape index (κ2) is 10.1. The third-order valence-corrected chi connectivity index (χ3v) is 4.97. The van der Waals surface area contributed by atoms with E-state index in [0.29, 0.717) is 11.1 Å². The Morgan fingerprint density at radius 3 is 2.73 bits per heavy atom. The van der Waals surface area contributed by atoms with Crippen molar-refractivity contribution in [2.24, 2.45) is 0 Å². The summed E-state index contributed by atoms with van der Waals surface area (Å²) in [5.41, 5.74) is 0.860. The summed E-state index contributed by atoms with van der Waals surface area (Å²) in [6.45, 7) is 1.73. The maximum absolute atomic E-state index is 13.3. The number of carbonyl (C=O) groups is 2. The third-order valence-electron chi connectivity index (χ3n) is 4.97. The standard InChI is InChI=1S/C22H22FN3O7/c1-14(21(28)24(2)13-15-5-3-6-16(23)11-15)32-20(27)7-4-10-25-18-9-8-17(26(30)31)12-19(18)33-22(25)29/h3,5-6,8-9,11-12,14H,4,7,10,13H2,1-2H3. The number of non-ortho nitro benzene ring substituents is 1. The molecule has 0 fully saturated rings. The average molecular weight is 459 g/mol. The van der Waals surface area contributed by atoms with Crippen molar-refractivity contribution in [1.82, 2.24) is 9.47 Å². The second-order valence-corrected chi connectivity index (χ2v) is 7.49. The molecule has 174 valence electrons. The Labute approximate surface area is 187 Å². The number of amides is 1. The number of rotatable bonds is 9. The van der Waals surface area contributed by atoms with Crippen molar-refractivity contribution in [3.8, 4) is 0 Å². The fourth-order valence-corrected chi connectivity index (χ4v) is 3.37. The van der Waals surface area contributed by atoms with Crippen molar-refractivity contribution in [2.45, 2.75) is 39.0 Å². The van der Waals surface area contributed by atoms with E-state index >= 15 is 0 Å². The molecule has 3 rings (SSSR count). The molecule has 0 radical (unpaired) electrons. The number of aromatic nitrogens is 1. The minimum atomic E-state index is -1.03. The van der Waals surface area contributed by atoms with Crippen LogP contribution in [0.1, 0.15) is 25.3 Å². The number of carbonyl (C=O) groups excluding carboxylic acids is 2. The molecule has 0 aliphatic heterocycles. The van der Waals surface area contributed by atoms with Crippen LogP contribution in [0.2, 0.25) is 0 Å². The summed E-state index contributed by atoms with van der Waals surface area (Å²) in [5.74, 6) is -2.16. The number of likely N-dealkylation sites (N-methyl/N-ethyl adjacent to an activating group) is 1. The van der Waals surface area contributed by atoms with Gasteiger partial charge in [-0.05, 0) is 37.1 Å². The van der Waals surface area contributed by atoms with Crippen LogP contribution in [-0.4, -0.2) is 39.4 Å². The fraction of sp³-hybridized carbons (Fsp3) is 0.318. The molecule has 10 nitrogen and oxygen atoms in total. The highest BCUT2D eigenvalue weighted by Crippen LogP contribution is 2.20. The number of halogens is 1. The van der Waals surface area contributed by atoms with Crippen LogP contribution < -0.4 is 5.76 Å². The molecule has 1 aromatic heterocycles. The Bertz CT molecular complexity index is 1250. The number of nitro groups is 1. The zero-order chi connectivity index (χ0) is 24.1. The number of nitrogens with zero attached hydrogens (tertiary/aromatic N) is 3. The van der Waals surface area contributed by atoms with Gasteiger partial charge in [0.25, 0.3) is 11.6 Å². The highest BCUT2D eigenvalue weighted by Gasteiger charge is 2.22. The maximum atomic E-state index is 13.3. The van der Waals surface area contributed by atoms with E-state index in [1.807, 2.05) is 0 Å². The Kier molecular flexibility index (Phi) is 7.21. The van der Waals surface area contributed by atoms with Crippen molar-refractivity contribution in [3.05, 3.63) is 74.5 Å². The van der Waals surface area contributed by atoms with Gasteiger partial charge in [0.1, 0.15) is 5.82 Å². The zero-order valence-electron chi connectivity index (χ0n) is 18.0. The van der Waals surface area contributed by atoms with E-state index in [-0.39, 0.29) is 37.2 Å². The van der Waals surface area contributed by atoms with Crippen LogP contribution in [0.4, 0.5) is 10.1 Å². The molecule has 2 aromatic carbocycles. The topological polar surface area (TPSA) is 125 Å². The normalized spacial score (nSPS) is 11.8. The van der Waals surface area contributed by atoms with Gasteiger partial charge in [-0.15, -0.1) is 0 Å². The molecule has 0 bridgehead atoms. The third kappa shape index (κ3) is 5.82. The molecule has 0 saturated carbocycles. The molecule has 3 aromatic rings. The monoisotopic (exact) mass is 459 g/mol. The van der Waals surface area contributed by atoms with Crippen LogP contribution in [0.3, 0.4) is 0 Å². The highest BCUT2D eigenvalue weighted by molar-refractivity contribution is 5.83. The maximum Gasteiger partial charge on any atom is 0.419 e. The fourth-order valence-electron chi connectivity index (χ4n) is 3.37. The van der Waals surface area contributed by atoms with Gasteiger partial charge in [0.2, 0.25) is 0 Å². The number of oxazole rings is 1. The molecule has 33 heavy (non-hydrogen) atoms. The summed E-state index contributed by atoms with van der Waals surface area (Å²) >= 11 is 0.